The number of nitrogens with zero attached hydrogens (tertiary/aromatic N) is 4. The molecule has 0 radical (unpaired) electrons. The Kier molecular flexibility index (Phi) is 5.05. The summed E-state index contributed by atoms with van der Waals surface area (Å²) in [5, 5.41) is 6.61. The van der Waals surface area contributed by atoms with E-state index in [0.717, 1.165) is 21.7 Å². The molecule has 3 rings (SSSR count). The summed E-state index contributed by atoms with van der Waals surface area (Å²) in [4.78, 5) is 10.8. The van der Waals surface area contributed by atoms with Crippen LogP contribution in [-0.2, 0) is 0 Å². The van der Waals surface area contributed by atoms with Gasteiger partial charge in [0.1, 0.15) is 0 Å². The van der Waals surface area contributed by atoms with Gasteiger partial charge in [-0.3, -0.25) is 4.98 Å². The number of benzene rings is 1. The minimum atomic E-state index is 0.822. The second kappa shape index (κ2) is 7.39. The van der Waals surface area contributed by atoms with Gasteiger partial charge in [0.15, 0.2) is 0 Å². The highest BCUT2D eigenvalue weighted by molar-refractivity contribution is 7.98. The molecule has 116 valence electrons. The Bertz CT molecular complexity index is 862. The van der Waals surface area contributed by atoms with Crippen LogP contribution in [-0.4, -0.2) is 22.1 Å². The number of aromatic nitrogens is 2. The normalized spacial score (nSPS) is 12.2. The average molecular weight is 340 g/mol. The summed E-state index contributed by atoms with van der Waals surface area (Å²) in [6, 6.07) is 12.1. The highest BCUT2D eigenvalue weighted by Crippen LogP contribution is 2.14. The van der Waals surface area contributed by atoms with Gasteiger partial charge in [-0.2, -0.15) is 5.10 Å². The highest BCUT2D eigenvalue weighted by Gasteiger charge is 2.00. The van der Waals surface area contributed by atoms with E-state index in [1.807, 2.05) is 35.3 Å². The number of rotatable bonds is 4. The first-order valence-corrected chi connectivity index (χ1v) is 9.17. The topological polar surface area (TPSA) is 42.5 Å². The second-order valence-corrected chi connectivity index (χ2v) is 6.53. The van der Waals surface area contributed by atoms with Crippen molar-refractivity contribution in [2.75, 3.05) is 6.26 Å². The Morgan fingerprint density at radius 1 is 1.22 bits per heavy atom. The first-order chi connectivity index (χ1) is 11.3. The summed E-state index contributed by atoms with van der Waals surface area (Å²) in [6.45, 7) is 2.02. The Morgan fingerprint density at radius 3 is 2.74 bits per heavy atom. The van der Waals surface area contributed by atoms with Crippen LogP contribution in [0, 0.1) is 6.92 Å². The first kappa shape index (κ1) is 15.7. The van der Waals surface area contributed by atoms with Crippen molar-refractivity contribution in [3.8, 4) is 0 Å². The molecule has 1 aromatic carbocycles. The summed E-state index contributed by atoms with van der Waals surface area (Å²) in [5.41, 5.74) is 2.94. The van der Waals surface area contributed by atoms with Crippen LogP contribution in [0.1, 0.15) is 11.3 Å². The third-order valence-electron chi connectivity index (χ3n) is 3.16. The van der Waals surface area contributed by atoms with Crippen LogP contribution < -0.4 is 4.80 Å². The van der Waals surface area contributed by atoms with Gasteiger partial charge < -0.3 is 0 Å². The van der Waals surface area contributed by atoms with E-state index in [-0.39, 0.29) is 0 Å². The van der Waals surface area contributed by atoms with Gasteiger partial charge in [0, 0.05) is 16.5 Å². The maximum atomic E-state index is 4.60. The van der Waals surface area contributed by atoms with Gasteiger partial charge in [0.2, 0.25) is 4.80 Å². The number of thioether (sulfide) groups is 1. The van der Waals surface area contributed by atoms with Gasteiger partial charge in [0.05, 0.1) is 23.8 Å². The first-order valence-electron chi connectivity index (χ1n) is 7.06. The zero-order valence-corrected chi connectivity index (χ0v) is 14.5. The van der Waals surface area contributed by atoms with Crippen LogP contribution in [0.15, 0.2) is 69.2 Å². The molecule has 4 nitrogen and oxygen atoms in total. The number of thiazole rings is 1. The van der Waals surface area contributed by atoms with E-state index in [1.165, 1.54) is 4.90 Å². The Balaban J connectivity index is 1.92. The van der Waals surface area contributed by atoms with Crippen LogP contribution in [0.4, 0.5) is 5.69 Å². The van der Waals surface area contributed by atoms with Crippen molar-refractivity contribution in [2.45, 2.75) is 11.8 Å². The van der Waals surface area contributed by atoms with Gasteiger partial charge in [-0.1, -0.05) is 12.1 Å². The Labute approximate surface area is 143 Å². The smallest absolute Gasteiger partial charge is 0.211 e. The van der Waals surface area contributed by atoms with Gasteiger partial charge in [-0.15, -0.1) is 23.1 Å². The van der Waals surface area contributed by atoms with E-state index in [4.69, 9.17) is 0 Å². The summed E-state index contributed by atoms with van der Waals surface area (Å²) >= 11 is 3.29. The summed E-state index contributed by atoms with van der Waals surface area (Å²) < 4.78 is 1.85. The SMILES string of the molecule is CSc1ccc(C=Nn2c(C)csc2=Nc2cccnc2)cc1. The molecule has 0 atom stereocenters. The van der Waals surface area contributed by atoms with Gasteiger partial charge in [-0.25, -0.2) is 9.67 Å². The molecule has 0 bridgehead atoms. The summed E-state index contributed by atoms with van der Waals surface area (Å²) in [6.07, 6.45) is 7.40. The van der Waals surface area contributed by atoms with Crippen molar-refractivity contribution in [1.29, 1.82) is 0 Å². The molecule has 3 aromatic rings. The number of hydrogen-bond donors (Lipinski definition) is 0. The molecule has 0 saturated carbocycles. The molecule has 6 heteroatoms. The van der Waals surface area contributed by atoms with Gasteiger partial charge >= 0.3 is 0 Å². The monoisotopic (exact) mass is 340 g/mol. The maximum absolute atomic E-state index is 4.60. The van der Waals surface area contributed by atoms with Crippen molar-refractivity contribution in [3.05, 3.63) is 70.2 Å². The molecular weight excluding hydrogens is 324 g/mol. The number of aryl methyl sites for hydroxylation is 1. The third kappa shape index (κ3) is 3.97. The number of pyridine rings is 1. The van der Waals surface area contributed by atoms with Crippen molar-refractivity contribution < 1.29 is 0 Å². The minimum absolute atomic E-state index is 0.822. The van der Waals surface area contributed by atoms with Crippen molar-refractivity contribution >= 4 is 35.0 Å². The van der Waals surface area contributed by atoms with Crippen LogP contribution in [0.5, 0.6) is 0 Å². The number of hydrogen-bond acceptors (Lipinski definition) is 5. The molecule has 0 N–H and O–H groups in total. The van der Waals surface area contributed by atoms with E-state index in [1.54, 1.807) is 35.5 Å². The lowest BCUT2D eigenvalue weighted by Gasteiger charge is -1.99. The van der Waals surface area contributed by atoms with Crippen LogP contribution in [0.25, 0.3) is 0 Å². The highest BCUT2D eigenvalue weighted by atomic mass is 32.2. The Morgan fingerprint density at radius 2 is 2.04 bits per heavy atom. The fourth-order valence-corrected chi connectivity index (χ4v) is 3.18. The van der Waals surface area contributed by atoms with Gasteiger partial charge in [0.25, 0.3) is 0 Å². The summed E-state index contributed by atoms with van der Waals surface area (Å²) in [7, 11) is 0. The van der Waals surface area contributed by atoms with Crippen LogP contribution >= 0.6 is 23.1 Å². The minimum Gasteiger partial charge on any atom is -0.262 e. The lowest BCUT2D eigenvalue weighted by molar-refractivity contribution is 0.809. The second-order valence-electron chi connectivity index (χ2n) is 4.81. The third-order valence-corrected chi connectivity index (χ3v) is 4.84. The lowest BCUT2D eigenvalue weighted by Crippen LogP contribution is -2.11. The van der Waals surface area contributed by atoms with Crippen LogP contribution in [0.3, 0.4) is 0 Å². The van der Waals surface area contributed by atoms with E-state index in [2.05, 4.69) is 45.6 Å². The standard InChI is InChI=1S/C17H16N4S2/c1-13-12-23-17(20-15-4-3-9-18-11-15)21(13)19-10-14-5-7-16(22-2)8-6-14/h3-12H,1-2H3. The summed E-state index contributed by atoms with van der Waals surface area (Å²) in [5.74, 6) is 0. The fraction of sp³-hybridized carbons (Fsp3) is 0.118. The molecule has 2 heterocycles. The molecule has 0 aliphatic heterocycles. The predicted molar refractivity (Wildman–Crippen MR) is 97.7 cm³/mol. The average Bonchev–Trinajstić information content (AvgIpc) is 2.94. The zero-order valence-electron chi connectivity index (χ0n) is 12.9. The molecule has 0 fully saturated rings. The van der Waals surface area contributed by atoms with Crippen molar-refractivity contribution in [2.24, 2.45) is 10.1 Å². The fourth-order valence-electron chi connectivity index (χ4n) is 1.95. The predicted octanol–water partition coefficient (Wildman–Crippen LogP) is 4.09. The van der Waals surface area contributed by atoms with Crippen LogP contribution in [0.2, 0.25) is 0 Å². The van der Waals surface area contributed by atoms with E-state index in [9.17, 15) is 0 Å². The largest absolute Gasteiger partial charge is 0.262 e. The molecule has 23 heavy (non-hydrogen) atoms. The Hall–Kier alpha value is -2.18. The van der Waals surface area contributed by atoms with Crippen molar-refractivity contribution in [3.63, 3.8) is 0 Å². The molecule has 0 spiro atoms. The molecule has 2 aromatic heterocycles. The quantitative estimate of drug-likeness (QED) is 0.530. The van der Waals surface area contributed by atoms with Gasteiger partial charge in [-0.05, 0) is 43.0 Å². The molecule has 0 aliphatic carbocycles. The zero-order chi connectivity index (χ0) is 16.1. The lowest BCUT2D eigenvalue weighted by atomic mass is 10.2. The van der Waals surface area contributed by atoms with E-state index >= 15 is 0 Å². The maximum Gasteiger partial charge on any atom is 0.211 e. The molecule has 0 saturated heterocycles. The van der Waals surface area contributed by atoms with E-state index < -0.39 is 0 Å². The van der Waals surface area contributed by atoms with Crippen molar-refractivity contribution in [1.82, 2.24) is 9.66 Å². The van der Waals surface area contributed by atoms with E-state index in [0.29, 0.717) is 0 Å². The molecule has 0 unspecified atom stereocenters. The molecule has 0 aliphatic rings. The molecule has 0 amide bonds. The molecular formula is C17H16N4S2.